The lowest BCUT2D eigenvalue weighted by atomic mass is 9.71. The number of carboxylic acids is 1. The molecule has 1 aromatic rings. The van der Waals surface area contributed by atoms with Crippen molar-refractivity contribution in [3.05, 3.63) is 29.3 Å². The first-order valence-electron chi connectivity index (χ1n) is 11.1. The Bertz CT molecular complexity index is 993. The minimum absolute atomic E-state index is 0.0747. The highest BCUT2D eigenvalue weighted by molar-refractivity contribution is 6.06. The number of carbonyl (C=O) groups is 5. The zero-order valence-electron chi connectivity index (χ0n) is 18.6. The van der Waals surface area contributed by atoms with Gasteiger partial charge < -0.3 is 14.9 Å². The second-order valence-electron chi connectivity index (χ2n) is 9.30. The van der Waals surface area contributed by atoms with Crippen LogP contribution in [0.5, 0.6) is 0 Å². The molecule has 3 aliphatic rings. The molecule has 1 atom stereocenters. The van der Waals surface area contributed by atoms with E-state index in [0.29, 0.717) is 6.29 Å². The normalized spacial score (nSPS) is 22.5. The Morgan fingerprint density at radius 3 is 2.55 bits per heavy atom. The Labute approximate surface area is 191 Å². The number of benzene rings is 1. The van der Waals surface area contributed by atoms with Crippen LogP contribution in [-0.2, 0) is 14.4 Å². The summed E-state index contributed by atoms with van der Waals surface area (Å²) in [6, 6.07) is 4.37. The molecule has 3 heterocycles. The molecule has 33 heavy (non-hydrogen) atoms. The van der Waals surface area contributed by atoms with E-state index >= 15 is 0 Å². The largest absolute Gasteiger partial charge is 0.480 e. The Morgan fingerprint density at radius 1 is 1.24 bits per heavy atom. The fraction of sp³-hybridized carbons (Fsp3) is 0.522. The van der Waals surface area contributed by atoms with Crippen molar-refractivity contribution in [1.29, 1.82) is 0 Å². The van der Waals surface area contributed by atoms with Gasteiger partial charge in [0.1, 0.15) is 6.04 Å². The van der Waals surface area contributed by atoms with E-state index in [0.717, 1.165) is 44.7 Å². The summed E-state index contributed by atoms with van der Waals surface area (Å²) in [5, 5.41) is 11.2. The van der Waals surface area contributed by atoms with Gasteiger partial charge in [-0.2, -0.15) is 0 Å². The van der Waals surface area contributed by atoms with Crippen LogP contribution in [-0.4, -0.2) is 90.7 Å². The minimum atomic E-state index is -0.805. The van der Waals surface area contributed by atoms with E-state index in [1.165, 1.54) is 11.9 Å². The van der Waals surface area contributed by atoms with Crippen LogP contribution in [0.3, 0.4) is 0 Å². The van der Waals surface area contributed by atoms with Crippen LogP contribution in [0.2, 0.25) is 0 Å². The number of imide groups is 1. The van der Waals surface area contributed by atoms with Crippen molar-refractivity contribution < 1.29 is 29.1 Å². The highest BCUT2D eigenvalue weighted by Crippen LogP contribution is 2.42. The average Bonchev–Trinajstić information content (AvgIpc) is 2.76. The van der Waals surface area contributed by atoms with Gasteiger partial charge in [-0.15, -0.1) is 0 Å². The molecule has 3 amide bonds. The molecule has 1 unspecified atom stereocenters. The molecular weight excluding hydrogens is 428 g/mol. The fourth-order valence-corrected chi connectivity index (χ4v) is 5.06. The van der Waals surface area contributed by atoms with Crippen LogP contribution in [0, 0.1) is 5.41 Å². The Kier molecular flexibility index (Phi) is 6.20. The average molecular weight is 456 g/mol. The molecule has 3 fully saturated rings. The van der Waals surface area contributed by atoms with Crippen molar-refractivity contribution in [1.82, 2.24) is 15.1 Å². The zero-order chi connectivity index (χ0) is 23.8. The number of likely N-dealkylation sites (tertiary alicyclic amines) is 1. The van der Waals surface area contributed by atoms with E-state index in [1.54, 1.807) is 12.1 Å². The standard InChI is InChI=1S/C23H28N4O6/c1-25(18-4-5-19(29)24-21(18)32)22(33)17-3-2-16(10-15(17)12-28)27-13-23(14-27)6-8-26(9-7-23)11-20(30)31/h2-3,10,12,18H,4-9,11,13-14H2,1H3,(H,30,31)(H,24,29,32). The number of carboxylic acid groups (broad SMARTS) is 1. The summed E-state index contributed by atoms with van der Waals surface area (Å²) in [5.41, 5.74) is 1.50. The van der Waals surface area contributed by atoms with Gasteiger partial charge in [-0.25, -0.2) is 0 Å². The number of hydrogen-bond acceptors (Lipinski definition) is 7. The highest BCUT2D eigenvalue weighted by atomic mass is 16.4. The molecule has 0 saturated carbocycles. The number of hydrogen-bond donors (Lipinski definition) is 2. The van der Waals surface area contributed by atoms with Gasteiger partial charge >= 0.3 is 5.97 Å². The fourth-order valence-electron chi connectivity index (χ4n) is 5.06. The van der Waals surface area contributed by atoms with Crippen LogP contribution < -0.4 is 10.2 Å². The molecular formula is C23H28N4O6. The molecule has 10 nitrogen and oxygen atoms in total. The van der Waals surface area contributed by atoms with Gasteiger partial charge in [0.05, 0.1) is 12.1 Å². The molecule has 3 aliphatic heterocycles. The Balaban J connectivity index is 1.40. The number of rotatable bonds is 6. The molecule has 10 heteroatoms. The van der Waals surface area contributed by atoms with Gasteiger partial charge in [-0.05, 0) is 50.6 Å². The van der Waals surface area contributed by atoms with Gasteiger partial charge in [0, 0.05) is 43.2 Å². The summed E-state index contributed by atoms with van der Waals surface area (Å²) in [6.45, 7) is 3.26. The van der Waals surface area contributed by atoms with E-state index in [4.69, 9.17) is 5.11 Å². The zero-order valence-corrected chi connectivity index (χ0v) is 18.6. The predicted octanol–water partition coefficient (Wildman–Crippen LogP) is 0.363. The van der Waals surface area contributed by atoms with E-state index in [2.05, 4.69) is 10.2 Å². The number of nitrogens with one attached hydrogen (secondary N) is 1. The van der Waals surface area contributed by atoms with Crippen molar-refractivity contribution in [2.45, 2.75) is 31.7 Å². The summed E-state index contributed by atoms with van der Waals surface area (Å²) >= 11 is 0. The number of aldehydes is 1. The minimum Gasteiger partial charge on any atom is -0.480 e. The number of anilines is 1. The molecule has 1 aromatic carbocycles. The molecule has 176 valence electrons. The van der Waals surface area contributed by atoms with Crippen molar-refractivity contribution in [2.24, 2.45) is 5.41 Å². The molecule has 1 spiro atoms. The van der Waals surface area contributed by atoms with Crippen molar-refractivity contribution in [2.75, 3.05) is 44.7 Å². The Hall–Kier alpha value is -3.27. The summed E-state index contributed by atoms with van der Waals surface area (Å²) in [7, 11) is 1.50. The Morgan fingerprint density at radius 2 is 1.94 bits per heavy atom. The molecule has 0 aliphatic carbocycles. The number of carbonyl (C=O) groups excluding carboxylic acids is 4. The number of aliphatic carboxylic acids is 1. The maximum Gasteiger partial charge on any atom is 0.317 e. The topological polar surface area (TPSA) is 127 Å². The number of likely N-dealkylation sites (N-methyl/N-ethyl adjacent to an activating group) is 1. The van der Waals surface area contributed by atoms with E-state index in [-0.39, 0.29) is 41.8 Å². The number of piperidine rings is 2. The smallest absolute Gasteiger partial charge is 0.317 e. The number of nitrogens with zero attached hydrogens (tertiary/aromatic N) is 3. The van der Waals surface area contributed by atoms with Gasteiger partial charge in [-0.3, -0.25) is 34.2 Å². The van der Waals surface area contributed by atoms with Crippen LogP contribution in [0.1, 0.15) is 46.4 Å². The maximum atomic E-state index is 13.0. The summed E-state index contributed by atoms with van der Waals surface area (Å²) in [6.07, 6.45) is 2.93. The van der Waals surface area contributed by atoms with E-state index < -0.39 is 23.8 Å². The molecule has 0 bridgehead atoms. The second-order valence-corrected chi connectivity index (χ2v) is 9.30. The first kappa shape index (κ1) is 22.9. The third kappa shape index (κ3) is 4.61. The van der Waals surface area contributed by atoms with Crippen LogP contribution in [0.25, 0.3) is 0 Å². The summed E-state index contributed by atoms with van der Waals surface area (Å²) in [4.78, 5) is 64.6. The highest BCUT2D eigenvalue weighted by Gasteiger charge is 2.45. The van der Waals surface area contributed by atoms with Gasteiger partial charge in [0.25, 0.3) is 5.91 Å². The van der Waals surface area contributed by atoms with Gasteiger partial charge in [0.2, 0.25) is 11.8 Å². The predicted molar refractivity (Wildman–Crippen MR) is 118 cm³/mol. The van der Waals surface area contributed by atoms with Crippen LogP contribution >= 0.6 is 0 Å². The second kappa shape index (κ2) is 8.93. The van der Waals surface area contributed by atoms with Crippen molar-refractivity contribution in [3.8, 4) is 0 Å². The molecule has 2 N–H and O–H groups in total. The molecule has 4 rings (SSSR count). The molecule has 3 saturated heterocycles. The molecule has 0 aromatic heterocycles. The van der Waals surface area contributed by atoms with Crippen molar-refractivity contribution in [3.63, 3.8) is 0 Å². The van der Waals surface area contributed by atoms with Crippen LogP contribution in [0.4, 0.5) is 5.69 Å². The molecule has 0 radical (unpaired) electrons. The lowest BCUT2D eigenvalue weighted by molar-refractivity contribution is -0.139. The van der Waals surface area contributed by atoms with E-state index in [1.807, 2.05) is 11.0 Å². The quantitative estimate of drug-likeness (QED) is 0.464. The van der Waals surface area contributed by atoms with Crippen LogP contribution in [0.15, 0.2) is 18.2 Å². The van der Waals surface area contributed by atoms with Gasteiger partial charge in [-0.1, -0.05) is 0 Å². The first-order valence-corrected chi connectivity index (χ1v) is 11.1. The first-order chi connectivity index (χ1) is 15.7. The third-order valence-corrected chi connectivity index (χ3v) is 7.08. The summed E-state index contributed by atoms with van der Waals surface area (Å²) in [5.74, 6) is -2.11. The van der Waals surface area contributed by atoms with Gasteiger partial charge in [0.15, 0.2) is 6.29 Å². The summed E-state index contributed by atoms with van der Waals surface area (Å²) < 4.78 is 0. The van der Waals surface area contributed by atoms with E-state index in [9.17, 15) is 24.0 Å². The third-order valence-electron chi connectivity index (χ3n) is 7.08. The SMILES string of the molecule is CN(C(=O)c1ccc(N2CC3(CCN(CC(=O)O)CC3)C2)cc1C=O)C1CCC(=O)NC1=O. The lowest BCUT2D eigenvalue weighted by Crippen LogP contribution is -2.60. The lowest BCUT2D eigenvalue weighted by Gasteiger charge is -2.55. The maximum absolute atomic E-state index is 13.0. The monoisotopic (exact) mass is 456 g/mol. The number of amides is 3. The van der Waals surface area contributed by atoms with Crippen molar-refractivity contribution >= 4 is 35.7 Å².